The van der Waals surface area contributed by atoms with Crippen LogP contribution in [0.2, 0.25) is 0 Å². The van der Waals surface area contributed by atoms with E-state index in [1.54, 1.807) is 25.6 Å². The predicted molar refractivity (Wildman–Crippen MR) is 86.3 cm³/mol. The van der Waals surface area contributed by atoms with Gasteiger partial charge in [0, 0.05) is 30.8 Å². The fourth-order valence-electron chi connectivity index (χ4n) is 2.51. The molecule has 1 aromatic carbocycles. The first kappa shape index (κ1) is 15.1. The Morgan fingerprint density at radius 1 is 1.23 bits per heavy atom. The van der Waals surface area contributed by atoms with Gasteiger partial charge < -0.3 is 19.5 Å². The number of nitrogens with zero attached hydrogens (tertiary/aromatic N) is 1. The maximum absolute atomic E-state index is 5.85. The zero-order valence-corrected chi connectivity index (χ0v) is 13.7. The van der Waals surface area contributed by atoms with Crippen molar-refractivity contribution in [3.05, 3.63) is 33.8 Å². The molecule has 2 aromatic rings. The summed E-state index contributed by atoms with van der Waals surface area (Å²) < 4.78 is 16.5. The minimum absolute atomic E-state index is 0.573. The van der Waals surface area contributed by atoms with Gasteiger partial charge in [0.1, 0.15) is 0 Å². The highest BCUT2D eigenvalue weighted by molar-refractivity contribution is 7.11. The number of ether oxygens (including phenoxy) is 3. The molecule has 5 nitrogen and oxygen atoms in total. The summed E-state index contributed by atoms with van der Waals surface area (Å²) in [7, 11) is 3.24. The third kappa shape index (κ3) is 3.18. The van der Waals surface area contributed by atoms with Crippen molar-refractivity contribution in [2.24, 2.45) is 0 Å². The molecule has 3 rings (SSSR count). The van der Waals surface area contributed by atoms with Crippen LogP contribution in [0.5, 0.6) is 17.2 Å². The highest BCUT2D eigenvalue weighted by Gasteiger charge is 2.15. The van der Waals surface area contributed by atoms with E-state index in [4.69, 9.17) is 19.2 Å². The van der Waals surface area contributed by atoms with Crippen LogP contribution < -0.4 is 19.5 Å². The van der Waals surface area contributed by atoms with Gasteiger partial charge in [-0.15, -0.1) is 11.3 Å². The van der Waals surface area contributed by atoms with Gasteiger partial charge in [0.2, 0.25) is 5.75 Å². The van der Waals surface area contributed by atoms with Gasteiger partial charge in [0.25, 0.3) is 0 Å². The third-order valence-electron chi connectivity index (χ3n) is 3.59. The van der Waals surface area contributed by atoms with Crippen LogP contribution in [-0.2, 0) is 19.4 Å². The maximum Gasteiger partial charge on any atom is 0.203 e. The molecule has 0 atom stereocenters. The average molecular weight is 320 g/mol. The summed E-state index contributed by atoms with van der Waals surface area (Å²) in [4.78, 5) is 6.06. The smallest absolute Gasteiger partial charge is 0.203 e. The topological polar surface area (TPSA) is 52.6 Å². The summed E-state index contributed by atoms with van der Waals surface area (Å²) >= 11 is 1.78. The van der Waals surface area contributed by atoms with Crippen molar-refractivity contribution in [3.8, 4) is 17.2 Å². The zero-order valence-electron chi connectivity index (χ0n) is 12.8. The molecule has 1 N–H and O–H groups in total. The second-order valence-corrected chi connectivity index (χ2v) is 6.16. The quantitative estimate of drug-likeness (QED) is 0.886. The standard InChI is InChI=1S/C16H20N2O3S/c1-19-12-4-3-5-13(16(12)20-2)21-9-7-15-18-11-6-8-17-10-14(11)22-15/h3-5,17H,6-10H2,1-2H3. The first-order valence-electron chi connectivity index (χ1n) is 7.33. The Balaban J connectivity index is 1.62. The van der Waals surface area contributed by atoms with E-state index in [2.05, 4.69) is 5.32 Å². The predicted octanol–water partition coefficient (Wildman–Crippen LogP) is 2.43. The molecule has 0 unspecified atom stereocenters. The van der Waals surface area contributed by atoms with Crippen LogP contribution in [0.1, 0.15) is 15.6 Å². The molecule has 0 aliphatic carbocycles. The van der Waals surface area contributed by atoms with Gasteiger partial charge in [-0.2, -0.15) is 0 Å². The Hall–Kier alpha value is -1.79. The van der Waals surface area contributed by atoms with Crippen molar-refractivity contribution in [1.82, 2.24) is 10.3 Å². The van der Waals surface area contributed by atoms with Crippen LogP contribution >= 0.6 is 11.3 Å². The van der Waals surface area contributed by atoms with Crippen molar-refractivity contribution in [2.45, 2.75) is 19.4 Å². The summed E-state index contributed by atoms with van der Waals surface area (Å²) in [5.41, 5.74) is 1.25. The fraction of sp³-hybridized carbons (Fsp3) is 0.438. The van der Waals surface area contributed by atoms with Crippen LogP contribution in [0.25, 0.3) is 0 Å². The summed E-state index contributed by atoms with van der Waals surface area (Å²) in [6, 6.07) is 5.64. The van der Waals surface area contributed by atoms with Gasteiger partial charge >= 0.3 is 0 Å². The average Bonchev–Trinajstić information content (AvgIpc) is 2.97. The van der Waals surface area contributed by atoms with E-state index in [-0.39, 0.29) is 0 Å². The van der Waals surface area contributed by atoms with Crippen LogP contribution in [0.3, 0.4) is 0 Å². The number of hydrogen-bond donors (Lipinski definition) is 1. The molecule has 2 heterocycles. The van der Waals surface area contributed by atoms with E-state index in [1.165, 1.54) is 10.6 Å². The Morgan fingerprint density at radius 3 is 2.86 bits per heavy atom. The summed E-state index contributed by atoms with van der Waals surface area (Å²) in [5, 5.41) is 4.51. The van der Waals surface area contributed by atoms with Gasteiger partial charge in [-0.05, 0) is 12.1 Å². The van der Waals surface area contributed by atoms with Crippen molar-refractivity contribution in [3.63, 3.8) is 0 Å². The summed E-state index contributed by atoms with van der Waals surface area (Å²) in [6.45, 7) is 2.54. The molecule has 22 heavy (non-hydrogen) atoms. The lowest BCUT2D eigenvalue weighted by Gasteiger charge is -2.13. The number of rotatable bonds is 6. The Kier molecular flexibility index (Phi) is 4.80. The Labute approximate surface area is 134 Å². The van der Waals surface area contributed by atoms with E-state index in [9.17, 15) is 0 Å². The van der Waals surface area contributed by atoms with Gasteiger partial charge in [0.15, 0.2) is 11.5 Å². The number of hydrogen-bond acceptors (Lipinski definition) is 6. The maximum atomic E-state index is 5.85. The minimum atomic E-state index is 0.573. The van der Waals surface area contributed by atoms with E-state index in [0.29, 0.717) is 23.9 Å². The van der Waals surface area contributed by atoms with Crippen molar-refractivity contribution >= 4 is 11.3 Å². The number of thiazole rings is 1. The zero-order chi connectivity index (χ0) is 15.4. The number of methoxy groups -OCH3 is 2. The van der Waals surface area contributed by atoms with E-state index >= 15 is 0 Å². The lowest BCUT2D eigenvalue weighted by Crippen LogP contribution is -2.22. The highest BCUT2D eigenvalue weighted by Crippen LogP contribution is 2.36. The summed E-state index contributed by atoms with van der Waals surface area (Å²) in [5.74, 6) is 2.01. The number of nitrogens with one attached hydrogen (secondary N) is 1. The van der Waals surface area contributed by atoms with Gasteiger partial charge in [-0.25, -0.2) is 4.98 Å². The monoisotopic (exact) mass is 320 g/mol. The number of para-hydroxylation sites is 1. The normalized spacial score (nSPS) is 13.5. The first-order valence-corrected chi connectivity index (χ1v) is 8.15. The van der Waals surface area contributed by atoms with Gasteiger partial charge in [-0.3, -0.25) is 0 Å². The van der Waals surface area contributed by atoms with Gasteiger partial charge in [0.05, 0.1) is 31.5 Å². The highest BCUT2D eigenvalue weighted by atomic mass is 32.1. The molecule has 0 spiro atoms. The van der Waals surface area contributed by atoms with Crippen LogP contribution in [-0.4, -0.2) is 32.4 Å². The summed E-state index contributed by atoms with van der Waals surface area (Å²) in [6.07, 6.45) is 1.83. The molecule has 118 valence electrons. The van der Waals surface area contributed by atoms with E-state index in [0.717, 1.165) is 30.9 Å². The fourth-order valence-corrected chi connectivity index (χ4v) is 3.57. The Bertz CT molecular complexity index is 619. The van der Waals surface area contributed by atoms with E-state index in [1.807, 2.05) is 18.2 Å². The third-order valence-corrected chi connectivity index (χ3v) is 4.74. The lowest BCUT2D eigenvalue weighted by molar-refractivity contribution is 0.286. The lowest BCUT2D eigenvalue weighted by atomic mass is 10.2. The molecule has 0 bridgehead atoms. The molecular formula is C16H20N2O3S. The second kappa shape index (κ2) is 6.98. The molecule has 0 amide bonds. The van der Waals surface area contributed by atoms with Crippen molar-refractivity contribution in [2.75, 3.05) is 27.4 Å². The molecule has 1 aromatic heterocycles. The molecule has 6 heteroatoms. The molecule has 0 radical (unpaired) electrons. The first-order chi connectivity index (χ1) is 10.8. The largest absolute Gasteiger partial charge is 0.493 e. The van der Waals surface area contributed by atoms with Crippen LogP contribution in [0.4, 0.5) is 0 Å². The molecule has 1 aliphatic rings. The molecule has 0 fully saturated rings. The molecular weight excluding hydrogens is 300 g/mol. The molecule has 1 aliphatic heterocycles. The SMILES string of the molecule is COc1cccc(OCCc2nc3c(s2)CNCC3)c1OC. The molecule has 0 saturated heterocycles. The molecule has 0 saturated carbocycles. The minimum Gasteiger partial charge on any atom is -0.493 e. The van der Waals surface area contributed by atoms with Crippen molar-refractivity contribution < 1.29 is 14.2 Å². The van der Waals surface area contributed by atoms with Crippen LogP contribution in [0.15, 0.2) is 18.2 Å². The Morgan fingerprint density at radius 2 is 2.09 bits per heavy atom. The second-order valence-electron chi connectivity index (χ2n) is 4.99. The van der Waals surface area contributed by atoms with Crippen LogP contribution in [0, 0.1) is 0 Å². The number of aromatic nitrogens is 1. The number of benzene rings is 1. The number of fused-ring (bicyclic) bond motifs is 1. The van der Waals surface area contributed by atoms with Crippen molar-refractivity contribution in [1.29, 1.82) is 0 Å². The van der Waals surface area contributed by atoms with Gasteiger partial charge in [-0.1, -0.05) is 6.07 Å². The van der Waals surface area contributed by atoms with E-state index < -0.39 is 0 Å².